The van der Waals surface area contributed by atoms with E-state index in [1.54, 1.807) is 14.0 Å². The van der Waals surface area contributed by atoms with E-state index in [9.17, 15) is 0 Å². The van der Waals surface area contributed by atoms with Crippen LogP contribution in [0.5, 0.6) is 0 Å². The minimum absolute atomic E-state index is 0.256. The first-order valence-corrected chi connectivity index (χ1v) is 6.23. The lowest BCUT2D eigenvalue weighted by Crippen LogP contribution is -2.42. The van der Waals surface area contributed by atoms with Gasteiger partial charge in [0.25, 0.3) is 0 Å². The van der Waals surface area contributed by atoms with E-state index in [1.807, 2.05) is 0 Å². The summed E-state index contributed by atoms with van der Waals surface area (Å²) in [5.74, 6) is 1.42. The fourth-order valence-electron chi connectivity index (χ4n) is 1.90. The van der Waals surface area contributed by atoms with Crippen LogP contribution in [0.4, 0.5) is 17.5 Å². The van der Waals surface area contributed by atoms with Crippen molar-refractivity contribution < 1.29 is 0 Å². The third-order valence-electron chi connectivity index (χ3n) is 2.76. The summed E-state index contributed by atoms with van der Waals surface area (Å²) >= 11 is 0. The summed E-state index contributed by atoms with van der Waals surface area (Å²) in [6.07, 6.45) is 0.985. The van der Waals surface area contributed by atoms with E-state index in [0.717, 1.165) is 13.0 Å². The van der Waals surface area contributed by atoms with Crippen molar-refractivity contribution in [2.24, 2.45) is 16.5 Å². The maximum Gasteiger partial charge on any atom is 0.225 e. The van der Waals surface area contributed by atoms with Gasteiger partial charge in [0.1, 0.15) is 11.4 Å². The first-order chi connectivity index (χ1) is 8.97. The predicted molar refractivity (Wildman–Crippen MR) is 77.1 cm³/mol. The maximum atomic E-state index is 6.15. The van der Waals surface area contributed by atoms with Gasteiger partial charge in [-0.25, -0.2) is 9.98 Å². The smallest absolute Gasteiger partial charge is 0.225 e. The molecule has 2 rings (SSSR count). The van der Waals surface area contributed by atoms with Gasteiger partial charge in [-0.15, -0.1) is 0 Å². The third kappa shape index (κ3) is 2.53. The Morgan fingerprint density at radius 3 is 2.74 bits per heavy atom. The number of aliphatic imine (C=N–C) groups is 1. The molecule has 1 aromatic rings. The molecule has 1 aliphatic heterocycles. The molecule has 19 heavy (non-hydrogen) atoms. The topological polar surface area (TPSA) is 126 Å². The molecule has 8 nitrogen and oxygen atoms in total. The molecule has 0 spiro atoms. The molecule has 0 aromatic carbocycles. The highest BCUT2D eigenvalue weighted by Crippen LogP contribution is 2.34. The summed E-state index contributed by atoms with van der Waals surface area (Å²) in [4.78, 5) is 13.0. The van der Waals surface area contributed by atoms with Crippen molar-refractivity contribution in [2.75, 3.05) is 29.5 Å². The molecule has 1 unspecified atom stereocenters. The average molecular weight is 264 g/mol. The lowest BCUT2D eigenvalue weighted by Gasteiger charge is -2.29. The van der Waals surface area contributed by atoms with Gasteiger partial charge in [-0.3, -0.25) is 0 Å². The molecule has 0 radical (unpaired) electrons. The Bertz CT molecular complexity index is 508. The first-order valence-electron chi connectivity index (χ1n) is 6.23. The van der Waals surface area contributed by atoms with Gasteiger partial charge < -0.3 is 27.4 Å². The van der Waals surface area contributed by atoms with Crippen LogP contribution in [0, 0.1) is 0 Å². The lowest BCUT2D eigenvalue weighted by atomic mass is 10.1. The van der Waals surface area contributed by atoms with Gasteiger partial charge in [-0.2, -0.15) is 4.98 Å². The molecular formula is C11H20N8. The highest BCUT2D eigenvalue weighted by Gasteiger charge is 2.33. The van der Waals surface area contributed by atoms with Crippen LogP contribution in [-0.2, 0) is 5.66 Å². The number of nitrogens with zero attached hydrogens (tertiary/aromatic N) is 3. The predicted octanol–water partition coefficient (Wildman–Crippen LogP) is 0.212. The molecule has 1 atom stereocenters. The zero-order valence-electron chi connectivity index (χ0n) is 11.4. The van der Waals surface area contributed by atoms with E-state index in [0.29, 0.717) is 23.1 Å². The molecule has 0 bridgehead atoms. The van der Waals surface area contributed by atoms with Gasteiger partial charge in [0.2, 0.25) is 5.95 Å². The molecule has 0 saturated heterocycles. The molecule has 0 fully saturated rings. The van der Waals surface area contributed by atoms with E-state index in [-0.39, 0.29) is 5.96 Å². The van der Waals surface area contributed by atoms with Crippen LogP contribution in [0.1, 0.15) is 26.0 Å². The van der Waals surface area contributed by atoms with Gasteiger partial charge in [-0.1, -0.05) is 6.92 Å². The minimum Gasteiger partial charge on any atom is -0.371 e. The second kappa shape index (κ2) is 4.88. The Balaban J connectivity index is 2.49. The van der Waals surface area contributed by atoms with Crippen LogP contribution in [0.25, 0.3) is 0 Å². The fourth-order valence-corrected chi connectivity index (χ4v) is 1.90. The maximum absolute atomic E-state index is 6.15. The number of hydrogen-bond acceptors (Lipinski definition) is 8. The summed E-state index contributed by atoms with van der Waals surface area (Å²) in [6.45, 7) is 4.63. The van der Waals surface area contributed by atoms with Crippen molar-refractivity contribution in [3.8, 4) is 0 Å². The standard InChI is InChI=1S/C11H20N8/c1-4-5-15-10-17-7-6(8(14-3)18-10)16-9(12)19-11(7,2)13/h4-5,13H2,1-3H3,(H3,12,16,19)(H2,14,15,17,18). The Labute approximate surface area is 112 Å². The average Bonchev–Trinajstić information content (AvgIpc) is 2.35. The molecule has 104 valence electrons. The number of aromatic nitrogens is 2. The van der Waals surface area contributed by atoms with Gasteiger partial charge in [0.05, 0.1) is 0 Å². The van der Waals surface area contributed by atoms with Crippen molar-refractivity contribution in [1.82, 2.24) is 9.97 Å². The molecule has 1 aliphatic rings. The third-order valence-corrected chi connectivity index (χ3v) is 2.76. The normalized spacial score (nSPS) is 21.2. The van der Waals surface area contributed by atoms with Crippen LogP contribution in [0.15, 0.2) is 4.99 Å². The monoisotopic (exact) mass is 264 g/mol. The molecule has 1 aromatic heterocycles. The highest BCUT2D eigenvalue weighted by atomic mass is 15.3. The van der Waals surface area contributed by atoms with E-state index in [2.05, 4.69) is 37.8 Å². The number of fused-ring (bicyclic) bond motifs is 1. The Morgan fingerprint density at radius 1 is 1.37 bits per heavy atom. The summed E-state index contributed by atoms with van der Waals surface area (Å²) < 4.78 is 0. The highest BCUT2D eigenvalue weighted by molar-refractivity contribution is 5.98. The van der Waals surface area contributed by atoms with Crippen molar-refractivity contribution in [3.05, 3.63) is 5.69 Å². The quantitative estimate of drug-likeness (QED) is 0.526. The SMILES string of the molecule is CCCNc1nc(NC)c2c(n1)C(C)(N)N=C(N)N2. The van der Waals surface area contributed by atoms with E-state index < -0.39 is 5.66 Å². The van der Waals surface area contributed by atoms with E-state index >= 15 is 0 Å². The molecule has 7 N–H and O–H groups in total. The molecule has 0 saturated carbocycles. The Kier molecular flexibility index (Phi) is 3.43. The van der Waals surface area contributed by atoms with Crippen LogP contribution >= 0.6 is 0 Å². The molecular weight excluding hydrogens is 244 g/mol. The lowest BCUT2D eigenvalue weighted by molar-refractivity contribution is 0.503. The van der Waals surface area contributed by atoms with Crippen LogP contribution in [-0.4, -0.2) is 29.5 Å². The summed E-state index contributed by atoms with van der Waals surface area (Å²) in [5.41, 5.74) is 12.2. The molecule has 0 aliphatic carbocycles. The Hall–Kier alpha value is -2.09. The van der Waals surface area contributed by atoms with Gasteiger partial charge >= 0.3 is 0 Å². The number of guanidine groups is 1. The van der Waals surface area contributed by atoms with Crippen molar-refractivity contribution in [1.29, 1.82) is 0 Å². The molecule has 2 heterocycles. The fraction of sp³-hybridized carbons (Fsp3) is 0.545. The van der Waals surface area contributed by atoms with Crippen molar-refractivity contribution in [3.63, 3.8) is 0 Å². The summed E-state index contributed by atoms with van der Waals surface area (Å²) in [7, 11) is 1.78. The molecule has 0 amide bonds. The van der Waals surface area contributed by atoms with Crippen LogP contribution in [0.3, 0.4) is 0 Å². The number of anilines is 3. The first kappa shape index (κ1) is 13.3. The van der Waals surface area contributed by atoms with Gasteiger partial charge in [-0.05, 0) is 13.3 Å². The Morgan fingerprint density at radius 2 is 2.11 bits per heavy atom. The van der Waals surface area contributed by atoms with Gasteiger partial charge in [0.15, 0.2) is 17.4 Å². The van der Waals surface area contributed by atoms with Crippen molar-refractivity contribution >= 4 is 23.4 Å². The number of nitrogens with two attached hydrogens (primary N) is 2. The van der Waals surface area contributed by atoms with E-state index in [4.69, 9.17) is 11.5 Å². The number of rotatable bonds is 4. The molecule has 8 heteroatoms. The second-order valence-corrected chi connectivity index (χ2v) is 4.57. The van der Waals surface area contributed by atoms with Crippen LogP contribution < -0.4 is 27.4 Å². The largest absolute Gasteiger partial charge is 0.371 e. The van der Waals surface area contributed by atoms with Gasteiger partial charge in [0, 0.05) is 13.6 Å². The second-order valence-electron chi connectivity index (χ2n) is 4.57. The van der Waals surface area contributed by atoms with Crippen molar-refractivity contribution in [2.45, 2.75) is 25.9 Å². The zero-order valence-corrected chi connectivity index (χ0v) is 11.4. The summed E-state index contributed by atoms with van der Waals surface area (Å²) in [6, 6.07) is 0. The number of hydrogen-bond donors (Lipinski definition) is 5. The minimum atomic E-state index is -0.970. The van der Waals surface area contributed by atoms with Crippen LogP contribution in [0.2, 0.25) is 0 Å². The summed E-state index contributed by atoms with van der Waals surface area (Å²) in [5, 5.41) is 9.10. The number of nitrogens with one attached hydrogen (secondary N) is 3. The zero-order chi connectivity index (χ0) is 14.0. The van der Waals surface area contributed by atoms with E-state index in [1.165, 1.54) is 0 Å².